The number of oxime groups is 1. The summed E-state index contributed by atoms with van der Waals surface area (Å²) in [5, 5.41) is 11.7. The third kappa shape index (κ3) is 3.72. The zero-order valence-electron chi connectivity index (χ0n) is 10.9. The Bertz CT molecular complexity index is 634. The molecule has 0 radical (unpaired) electrons. The van der Waals surface area contributed by atoms with E-state index in [0.29, 0.717) is 15.4 Å². The van der Waals surface area contributed by atoms with Crippen LogP contribution in [0, 0.1) is 0 Å². The zero-order chi connectivity index (χ0) is 15.6. The molecule has 4 N–H and O–H groups in total. The largest absolute Gasteiger partial charge is 0.409 e. The Labute approximate surface area is 134 Å². The summed E-state index contributed by atoms with van der Waals surface area (Å²) in [6, 6.07) is 4.80. The molecule has 0 aliphatic heterocycles. The fourth-order valence-electron chi connectivity index (χ4n) is 1.45. The van der Waals surface area contributed by atoms with Crippen molar-refractivity contribution in [1.82, 2.24) is 4.72 Å². The second-order valence-electron chi connectivity index (χ2n) is 4.35. The molecule has 1 rings (SSSR count). The predicted octanol–water partition coefficient (Wildman–Crippen LogP) is 2.41. The number of amidine groups is 1. The van der Waals surface area contributed by atoms with Crippen molar-refractivity contribution in [1.29, 1.82) is 0 Å². The Morgan fingerprint density at radius 1 is 1.50 bits per heavy atom. The van der Waals surface area contributed by atoms with Crippen molar-refractivity contribution in [2.24, 2.45) is 10.9 Å². The van der Waals surface area contributed by atoms with E-state index in [1.807, 2.05) is 0 Å². The van der Waals surface area contributed by atoms with Crippen molar-refractivity contribution in [2.75, 3.05) is 0 Å². The van der Waals surface area contributed by atoms with Crippen LogP contribution in [0.4, 0.5) is 0 Å². The maximum absolute atomic E-state index is 12.4. The summed E-state index contributed by atoms with van der Waals surface area (Å²) in [4.78, 5) is 0.0669. The van der Waals surface area contributed by atoms with Gasteiger partial charge >= 0.3 is 0 Å². The van der Waals surface area contributed by atoms with Crippen molar-refractivity contribution < 1.29 is 13.6 Å². The second kappa shape index (κ2) is 6.42. The van der Waals surface area contributed by atoms with E-state index in [1.165, 1.54) is 6.07 Å². The molecule has 0 saturated carbocycles. The Morgan fingerprint density at radius 2 is 2.10 bits per heavy atom. The second-order valence-corrected chi connectivity index (χ2v) is 7.77. The van der Waals surface area contributed by atoms with E-state index in [4.69, 9.17) is 10.9 Å². The first-order chi connectivity index (χ1) is 9.16. The average molecular weight is 429 g/mol. The number of benzene rings is 1. The highest BCUT2D eigenvalue weighted by molar-refractivity contribution is 9.11. The smallest absolute Gasteiger partial charge is 0.242 e. The third-order valence-corrected chi connectivity index (χ3v) is 6.01. The van der Waals surface area contributed by atoms with Crippen molar-refractivity contribution in [3.8, 4) is 0 Å². The summed E-state index contributed by atoms with van der Waals surface area (Å²) in [6.07, 6.45) is 0.327. The van der Waals surface area contributed by atoms with Crippen LogP contribution < -0.4 is 10.5 Å². The van der Waals surface area contributed by atoms with Crippen molar-refractivity contribution in [2.45, 2.75) is 30.7 Å². The molecule has 9 heteroatoms. The molecule has 0 aromatic heterocycles. The summed E-state index contributed by atoms with van der Waals surface area (Å²) >= 11 is 6.43. The molecule has 0 saturated heterocycles. The summed E-state index contributed by atoms with van der Waals surface area (Å²) in [7, 11) is -3.84. The lowest BCUT2D eigenvalue weighted by Crippen LogP contribution is -2.54. The molecule has 0 fully saturated rings. The van der Waals surface area contributed by atoms with Gasteiger partial charge in [0.25, 0.3) is 0 Å². The number of nitrogens with zero attached hydrogens (tertiary/aromatic N) is 1. The van der Waals surface area contributed by atoms with Crippen LogP contribution in [-0.2, 0) is 10.0 Å². The average Bonchev–Trinajstić information content (AvgIpc) is 2.39. The first kappa shape index (κ1) is 17.4. The van der Waals surface area contributed by atoms with E-state index >= 15 is 0 Å². The highest BCUT2D eigenvalue weighted by Gasteiger charge is 2.34. The standard InChI is InChI=1S/C11H15Br2N3O3S/c1-3-11(2,10(14)15-17)16-20(18,19)9-6-7(12)4-5-8(9)13/h4-6,16-17H,3H2,1-2H3,(H2,14,15). The molecule has 1 aromatic rings. The van der Waals surface area contributed by atoms with E-state index in [0.717, 1.165) is 0 Å². The van der Waals surface area contributed by atoms with Gasteiger partial charge in [0, 0.05) is 8.95 Å². The molecule has 1 atom stereocenters. The normalized spacial score (nSPS) is 15.9. The number of rotatable bonds is 5. The van der Waals surface area contributed by atoms with Crippen molar-refractivity contribution in [3.05, 3.63) is 27.1 Å². The number of hydrogen-bond donors (Lipinski definition) is 3. The fraction of sp³-hybridized carbons (Fsp3) is 0.364. The molecule has 0 bridgehead atoms. The van der Waals surface area contributed by atoms with Gasteiger partial charge in [0.1, 0.15) is 0 Å². The van der Waals surface area contributed by atoms with Gasteiger partial charge in [0.15, 0.2) is 5.84 Å². The van der Waals surface area contributed by atoms with Gasteiger partial charge in [-0.05, 0) is 47.5 Å². The summed E-state index contributed by atoms with van der Waals surface area (Å²) < 4.78 is 28.4. The zero-order valence-corrected chi connectivity index (χ0v) is 14.9. The van der Waals surface area contributed by atoms with Gasteiger partial charge in [0.05, 0.1) is 10.4 Å². The molecule has 1 aromatic carbocycles. The van der Waals surface area contributed by atoms with Gasteiger partial charge in [-0.1, -0.05) is 28.0 Å². The highest BCUT2D eigenvalue weighted by atomic mass is 79.9. The van der Waals surface area contributed by atoms with Gasteiger partial charge < -0.3 is 10.9 Å². The SMILES string of the molecule is CCC(C)(NS(=O)(=O)c1cc(Br)ccc1Br)/C(N)=N/O. The van der Waals surface area contributed by atoms with Gasteiger partial charge in [0.2, 0.25) is 10.0 Å². The highest BCUT2D eigenvalue weighted by Crippen LogP contribution is 2.27. The summed E-state index contributed by atoms with van der Waals surface area (Å²) in [5.74, 6) is -0.199. The molecule has 0 aliphatic carbocycles. The Morgan fingerprint density at radius 3 is 2.60 bits per heavy atom. The maximum Gasteiger partial charge on any atom is 0.242 e. The van der Waals surface area contributed by atoms with Gasteiger partial charge in [-0.3, -0.25) is 0 Å². The fourth-order valence-corrected chi connectivity index (χ4v) is 4.41. The first-order valence-corrected chi connectivity index (χ1v) is 8.70. The molecule has 0 amide bonds. The Kier molecular flexibility index (Phi) is 5.59. The number of hydrogen-bond acceptors (Lipinski definition) is 4. The third-order valence-electron chi connectivity index (χ3n) is 2.92. The van der Waals surface area contributed by atoms with Gasteiger partial charge in [-0.2, -0.15) is 4.72 Å². The van der Waals surface area contributed by atoms with E-state index in [-0.39, 0.29) is 10.7 Å². The molecule has 0 heterocycles. The van der Waals surface area contributed by atoms with Crippen LogP contribution in [0.25, 0.3) is 0 Å². The Balaban J connectivity index is 3.28. The first-order valence-electron chi connectivity index (χ1n) is 5.63. The Hall–Kier alpha value is -0.640. The molecule has 112 valence electrons. The number of nitrogens with two attached hydrogens (primary N) is 1. The number of nitrogens with one attached hydrogen (secondary N) is 1. The minimum atomic E-state index is -3.84. The molecular formula is C11H15Br2N3O3S. The van der Waals surface area contributed by atoms with E-state index in [1.54, 1.807) is 26.0 Å². The van der Waals surface area contributed by atoms with Crippen molar-refractivity contribution in [3.63, 3.8) is 0 Å². The van der Waals surface area contributed by atoms with Gasteiger partial charge in [-0.15, -0.1) is 0 Å². The van der Waals surface area contributed by atoms with Crippen LogP contribution in [0.2, 0.25) is 0 Å². The molecule has 6 nitrogen and oxygen atoms in total. The summed E-state index contributed by atoms with van der Waals surface area (Å²) in [5.41, 5.74) is 4.40. The number of sulfonamides is 1. The quantitative estimate of drug-likeness (QED) is 0.290. The van der Waals surface area contributed by atoms with Crippen LogP contribution in [0.5, 0.6) is 0 Å². The number of halogens is 2. The molecule has 1 unspecified atom stereocenters. The molecule has 20 heavy (non-hydrogen) atoms. The van der Waals surface area contributed by atoms with Crippen LogP contribution in [0.3, 0.4) is 0 Å². The summed E-state index contributed by atoms with van der Waals surface area (Å²) in [6.45, 7) is 3.28. The van der Waals surface area contributed by atoms with E-state index < -0.39 is 15.6 Å². The van der Waals surface area contributed by atoms with Gasteiger partial charge in [-0.25, -0.2) is 8.42 Å². The maximum atomic E-state index is 12.4. The molecule has 0 spiro atoms. The van der Waals surface area contributed by atoms with Crippen LogP contribution in [0.1, 0.15) is 20.3 Å². The van der Waals surface area contributed by atoms with Crippen LogP contribution >= 0.6 is 31.9 Å². The van der Waals surface area contributed by atoms with E-state index in [9.17, 15) is 8.42 Å². The lowest BCUT2D eigenvalue weighted by molar-refractivity contribution is 0.310. The minimum absolute atomic E-state index is 0.0669. The van der Waals surface area contributed by atoms with Crippen LogP contribution in [0.15, 0.2) is 37.2 Å². The monoisotopic (exact) mass is 427 g/mol. The predicted molar refractivity (Wildman–Crippen MR) is 84.3 cm³/mol. The topological polar surface area (TPSA) is 105 Å². The minimum Gasteiger partial charge on any atom is -0.409 e. The molecular weight excluding hydrogens is 414 g/mol. The van der Waals surface area contributed by atoms with Crippen molar-refractivity contribution >= 4 is 47.7 Å². The van der Waals surface area contributed by atoms with Crippen LogP contribution in [-0.4, -0.2) is 25.0 Å². The molecule has 0 aliphatic rings. The van der Waals surface area contributed by atoms with E-state index in [2.05, 4.69) is 41.7 Å². The lowest BCUT2D eigenvalue weighted by Gasteiger charge is -2.27. The lowest BCUT2D eigenvalue weighted by atomic mass is 10.00.